The Morgan fingerprint density at radius 3 is 2.50 bits per heavy atom. The highest BCUT2D eigenvalue weighted by atomic mass is 16.6. The molecule has 3 aromatic rings. The van der Waals surface area contributed by atoms with E-state index in [-0.39, 0.29) is 19.3 Å². The van der Waals surface area contributed by atoms with Crippen molar-refractivity contribution < 1.29 is 33.7 Å². The molecule has 4 rings (SSSR count). The molecule has 3 amide bonds. The number of benzene rings is 2. The molecule has 1 aromatic heterocycles. The highest BCUT2D eigenvalue weighted by molar-refractivity contribution is 5.97. The highest BCUT2D eigenvalue weighted by Crippen LogP contribution is 2.29. The Kier molecular flexibility index (Phi) is 10.5. The molecule has 2 N–H and O–H groups in total. The molecular formula is C32H41N5O7. The van der Waals surface area contributed by atoms with E-state index in [0.29, 0.717) is 17.0 Å². The van der Waals surface area contributed by atoms with E-state index in [9.17, 15) is 19.5 Å². The Morgan fingerprint density at radius 2 is 1.86 bits per heavy atom. The summed E-state index contributed by atoms with van der Waals surface area (Å²) in [6.07, 6.45) is 4.83. The zero-order valence-corrected chi connectivity index (χ0v) is 25.9. The number of amides is 3. The molecule has 12 nitrogen and oxygen atoms in total. The number of hydrogen-bond acceptors (Lipinski definition) is 7. The van der Waals surface area contributed by atoms with E-state index in [1.807, 2.05) is 23.0 Å². The number of likely N-dealkylation sites (N-methyl/N-ethyl adjacent to an activating group) is 1. The average molecular weight is 608 g/mol. The lowest BCUT2D eigenvalue weighted by Gasteiger charge is -2.31. The number of nitrogens with one attached hydrogen (secondary N) is 1. The zero-order valence-electron chi connectivity index (χ0n) is 25.9. The van der Waals surface area contributed by atoms with Gasteiger partial charge in [0.25, 0.3) is 5.91 Å². The largest absolute Gasteiger partial charge is 0.497 e. The highest BCUT2D eigenvalue weighted by Gasteiger charge is 2.33. The number of carboxylic acid groups (broad SMARTS) is 1. The summed E-state index contributed by atoms with van der Waals surface area (Å²) < 4.78 is 18.4. The van der Waals surface area contributed by atoms with Gasteiger partial charge in [-0.15, -0.1) is 0 Å². The minimum Gasteiger partial charge on any atom is -0.497 e. The first-order valence-corrected chi connectivity index (χ1v) is 14.6. The van der Waals surface area contributed by atoms with Gasteiger partial charge >= 0.3 is 12.2 Å². The minimum atomic E-state index is -1.32. The first-order chi connectivity index (χ1) is 20.9. The van der Waals surface area contributed by atoms with Gasteiger partial charge in [-0.25, -0.2) is 14.3 Å². The van der Waals surface area contributed by atoms with Gasteiger partial charge in [-0.1, -0.05) is 24.3 Å². The van der Waals surface area contributed by atoms with Crippen molar-refractivity contribution in [2.45, 2.75) is 57.9 Å². The van der Waals surface area contributed by atoms with Crippen LogP contribution in [0.5, 0.6) is 5.75 Å². The van der Waals surface area contributed by atoms with Gasteiger partial charge in [-0.05, 0) is 75.4 Å². The Balaban J connectivity index is 1.52. The van der Waals surface area contributed by atoms with Crippen LogP contribution in [-0.2, 0) is 14.3 Å². The molecule has 12 heteroatoms. The van der Waals surface area contributed by atoms with Crippen molar-refractivity contribution in [2.75, 3.05) is 39.2 Å². The van der Waals surface area contributed by atoms with Crippen molar-refractivity contribution in [1.82, 2.24) is 19.6 Å². The maximum Gasteiger partial charge on any atom is 0.410 e. The lowest BCUT2D eigenvalue weighted by atomic mass is 10.0. The van der Waals surface area contributed by atoms with Gasteiger partial charge in [0.15, 0.2) is 0 Å². The molecule has 2 aromatic carbocycles. The number of hydrogen-bond donors (Lipinski definition) is 2. The maximum absolute atomic E-state index is 13.8. The Bertz CT molecular complexity index is 1430. The third kappa shape index (κ3) is 8.50. The number of anilines is 1. The fraction of sp³-hybridized carbons (Fsp3) is 0.438. The average Bonchev–Trinajstić information content (AvgIpc) is 3.49. The molecule has 2 atom stereocenters. The van der Waals surface area contributed by atoms with E-state index in [2.05, 4.69) is 10.4 Å². The number of carbonyl (C=O) groups excluding carboxylic acids is 2. The number of nitrogens with zero attached hydrogens (tertiary/aromatic N) is 4. The normalized spacial score (nSPS) is 15.6. The van der Waals surface area contributed by atoms with Crippen LogP contribution in [0.1, 0.15) is 57.9 Å². The Morgan fingerprint density at radius 1 is 1.11 bits per heavy atom. The molecule has 0 saturated carbocycles. The number of methoxy groups -OCH3 is 1. The van der Waals surface area contributed by atoms with Crippen molar-refractivity contribution in [3.05, 3.63) is 66.5 Å². The first-order valence-electron chi connectivity index (χ1n) is 14.6. The predicted octanol–water partition coefficient (Wildman–Crippen LogP) is 5.78. The van der Waals surface area contributed by atoms with Crippen LogP contribution in [0.4, 0.5) is 15.3 Å². The molecule has 236 valence electrons. The van der Waals surface area contributed by atoms with Crippen LogP contribution < -0.4 is 10.1 Å². The van der Waals surface area contributed by atoms with Gasteiger partial charge in [0, 0.05) is 44.2 Å². The quantitative estimate of drug-likeness (QED) is 0.296. The van der Waals surface area contributed by atoms with Crippen molar-refractivity contribution in [2.24, 2.45) is 0 Å². The third-order valence-electron chi connectivity index (χ3n) is 7.13. The topological polar surface area (TPSA) is 135 Å². The fourth-order valence-electron chi connectivity index (χ4n) is 4.84. The molecule has 0 bridgehead atoms. The minimum absolute atomic E-state index is 0.00321. The van der Waals surface area contributed by atoms with Crippen LogP contribution in [0.15, 0.2) is 60.9 Å². The SMILES string of the molecule is COc1cccc(C(C(=O)Nc2ccc(-c3cnn(C4CCCCO4)c3)cc2)N(CCN(C)C(=O)OC(C)(C)C)C(=O)O)c1. The lowest BCUT2D eigenvalue weighted by molar-refractivity contribution is -0.121. The summed E-state index contributed by atoms with van der Waals surface area (Å²) in [4.78, 5) is 41.1. The smallest absolute Gasteiger partial charge is 0.410 e. The van der Waals surface area contributed by atoms with Crippen LogP contribution in [-0.4, -0.2) is 82.2 Å². The molecule has 0 radical (unpaired) electrons. The first kappa shape index (κ1) is 32.3. The van der Waals surface area contributed by atoms with E-state index in [1.54, 1.807) is 63.4 Å². The summed E-state index contributed by atoms with van der Waals surface area (Å²) in [6.45, 7) is 5.83. The summed E-state index contributed by atoms with van der Waals surface area (Å²) in [7, 11) is 3.01. The molecular weight excluding hydrogens is 566 g/mol. The van der Waals surface area contributed by atoms with Gasteiger partial charge in [0.05, 0.1) is 13.3 Å². The van der Waals surface area contributed by atoms with Crippen LogP contribution in [0, 0.1) is 0 Å². The number of rotatable bonds is 10. The summed E-state index contributed by atoms with van der Waals surface area (Å²) in [5.41, 5.74) is 2.02. The zero-order chi connectivity index (χ0) is 31.9. The maximum atomic E-state index is 13.8. The molecule has 44 heavy (non-hydrogen) atoms. The van der Waals surface area contributed by atoms with E-state index < -0.39 is 29.7 Å². The van der Waals surface area contributed by atoms with E-state index in [4.69, 9.17) is 14.2 Å². The number of aromatic nitrogens is 2. The van der Waals surface area contributed by atoms with Crippen LogP contribution in [0.25, 0.3) is 11.1 Å². The van der Waals surface area contributed by atoms with Crippen molar-refractivity contribution >= 4 is 23.8 Å². The molecule has 1 aliphatic rings. The monoisotopic (exact) mass is 607 g/mol. The lowest BCUT2D eigenvalue weighted by Crippen LogP contribution is -2.45. The van der Waals surface area contributed by atoms with Gasteiger partial charge in [0.2, 0.25) is 0 Å². The second-order valence-corrected chi connectivity index (χ2v) is 11.7. The van der Waals surface area contributed by atoms with Gasteiger partial charge in [0.1, 0.15) is 23.6 Å². The summed E-state index contributed by atoms with van der Waals surface area (Å²) in [6, 6.07) is 12.7. The molecule has 2 unspecified atom stereocenters. The fourth-order valence-corrected chi connectivity index (χ4v) is 4.84. The molecule has 1 aliphatic heterocycles. The third-order valence-corrected chi connectivity index (χ3v) is 7.13. The second kappa shape index (κ2) is 14.3. The predicted molar refractivity (Wildman–Crippen MR) is 164 cm³/mol. The van der Waals surface area contributed by atoms with Gasteiger partial charge < -0.3 is 29.5 Å². The molecule has 0 aliphatic carbocycles. The van der Waals surface area contributed by atoms with E-state index in [1.165, 1.54) is 19.1 Å². The number of carbonyl (C=O) groups is 3. The van der Waals surface area contributed by atoms with Crippen molar-refractivity contribution in [3.63, 3.8) is 0 Å². The van der Waals surface area contributed by atoms with Crippen molar-refractivity contribution in [1.29, 1.82) is 0 Å². The molecule has 1 fully saturated rings. The Labute approximate surface area is 257 Å². The summed E-state index contributed by atoms with van der Waals surface area (Å²) in [5.74, 6) is -0.0874. The second-order valence-electron chi connectivity index (χ2n) is 11.7. The summed E-state index contributed by atoms with van der Waals surface area (Å²) in [5, 5.41) is 17.5. The Hall–Kier alpha value is -4.58. The van der Waals surface area contributed by atoms with Crippen LogP contribution in [0.2, 0.25) is 0 Å². The standard InChI is InChI=1S/C32H41N5O7/c1-32(2,3)44-31(41)35(4)16-17-36(30(39)40)28(23-9-8-10-26(19-23)42-5)29(38)34-25-14-12-22(13-15-25)24-20-33-37(21-24)27-11-6-7-18-43-27/h8-10,12-15,19-21,27-28H,6-7,11,16-18H2,1-5H3,(H,34,38)(H,39,40). The molecule has 2 heterocycles. The van der Waals surface area contributed by atoms with E-state index in [0.717, 1.165) is 41.9 Å². The van der Waals surface area contributed by atoms with Crippen LogP contribution in [0.3, 0.4) is 0 Å². The van der Waals surface area contributed by atoms with Crippen LogP contribution >= 0.6 is 0 Å². The van der Waals surface area contributed by atoms with Crippen molar-refractivity contribution in [3.8, 4) is 16.9 Å². The molecule has 0 spiro atoms. The summed E-state index contributed by atoms with van der Waals surface area (Å²) >= 11 is 0. The molecule has 1 saturated heterocycles. The van der Waals surface area contributed by atoms with E-state index >= 15 is 0 Å². The number of ether oxygens (including phenoxy) is 3. The van der Waals surface area contributed by atoms with Gasteiger partial charge in [-0.3, -0.25) is 9.69 Å². The van der Waals surface area contributed by atoms with Gasteiger partial charge in [-0.2, -0.15) is 5.10 Å².